The predicted molar refractivity (Wildman–Crippen MR) is 156 cm³/mol. The average Bonchev–Trinajstić information content (AvgIpc) is 2.97. The number of para-hydroxylation sites is 1. The summed E-state index contributed by atoms with van der Waals surface area (Å²) < 4.78 is 33.7. The van der Waals surface area contributed by atoms with Crippen LogP contribution in [0.2, 0.25) is 0 Å². The minimum atomic E-state index is -4.13. The Bertz CT molecular complexity index is 1810. The maximum absolute atomic E-state index is 13.2. The van der Waals surface area contributed by atoms with Crippen molar-refractivity contribution < 1.29 is 27.5 Å². The van der Waals surface area contributed by atoms with Crippen LogP contribution in [0.25, 0.3) is 0 Å². The molecule has 4 amide bonds. The van der Waals surface area contributed by atoms with Crippen LogP contribution in [0.4, 0.5) is 16.2 Å². The summed E-state index contributed by atoms with van der Waals surface area (Å²) in [6.07, 6.45) is 0.521. The minimum absolute atomic E-state index is 0.136. The van der Waals surface area contributed by atoms with Crippen LogP contribution in [0.5, 0.6) is 5.75 Å². The lowest BCUT2D eigenvalue weighted by Crippen LogP contribution is -2.65. The van der Waals surface area contributed by atoms with Crippen LogP contribution in [0.3, 0.4) is 0 Å². The molecule has 2 aliphatic rings. The van der Waals surface area contributed by atoms with Gasteiger partial charge in [-0.15, -0.1) is 0 Å². The first-order valence-corrected chi connectivity index (χ1v) is 14.6. The van der Waals surface area contributed by atoms with E-state index in [9.17, 15) is 22.8 Å². The average molecular weight is 583 g/mol. The Kier molecular flexibility index (Phi) is 6.66. The van der Waals surface area contributed by atoms with Gasteiger partial charge < -0.3 is 15.4 Å². The third kappa shape index (κ3) is 5.06. The number of hydrogen-bond acceptors (Lipinski definition) is 6. The van der Waals surface area contributed by atoms with E-state index in [2.05, 4.69) is 10.6 Å². The van der Waals surface area contributed by atoms with E-state index in [1.807, 2.05) is 35.9 Å². The lowest BCUT2D eigenvalue weighted by molar-refractivity contribution is 0.0378. The summed E-state index contributed by atoms with van der Waals surface area (Å²) in [6, 6.07) is 27.1. The van der Waals surface area contributed by atoms with Crippen molar-refractivity contribution in [3.8, 4) is 5.75 Å². The number of sulfonamides is 1. The van der Waals surface area contributed by atoms with Gasteiger partial charge in [-0.3, -0.25) is 14.5 Å². The number of hydrogen-bond donors (Lipinski definition) is 3. The number of ether oxygens (including phenoxy) is 1. The molecular formula is C31H26N4O6S. The monoisotopic (exact) mass is 582 g/mol. The summed E-state index contributed by atoms with van der Waals surface area (Å²) in [5.41, 5.74) is 1.28. The molecule has 2 heterocycles. The van der Waals surface area contributed by atoms with Gasteiger partial charge in [-0.05, 0) is 67.6 Å². The highest BCUT2D eigenvalue weighted by Crippen LogP contribution is 2.45. The van der Waals surface area contributed by atoms with Crippen LogP contribution in [0, 0.1) is 0 Å². The van der Waals surface area contributed by atoms with Gasteiger partial charge >= 0.3 is 6.03 Å². The second-order valence-corrected chi connectivity index (χ2v) is 11.9. The van der Waals surface area contributed by atoms with Crippen LogP contribution in [-0.2, 0) is 10.0 Å². The molecule has 10 nitrogen and oxygen atoms in total. The third-order valence-electron chi connectivity index (χ3n) is 7.23. The normalized spacial score (nSPS) is 19.1. The van der Waals surface area contributed by atoms with Crippen molar-refractivity contribution >= 4 is 39.2 Å². The van der Waals surface area contributed by atoms with Gasteiger partial charge in [-0.25, -0.2) is 17.9 Å². The summed E-state index contributed by atoms with van der Waals surface area (Å²) in [6.45, 7) is 1.85. The fourth-order valence-corrected chi connectivity index (χ4v) is 6.22. The van der Waals surface area contributed by atoms with Crippen LogP contribution >= 0.6 is 0 Å². The number of anilines is 2. The SMILES string of the molecule is CC12CC(NC(=O)N1c1cccc(C(=O)Nc3ccc(S(=O)(=O)NC(=O)c4ccccc4)cc3)c1)c1ccccc1O2. The second-order valence-electron chi connectivity index (χ2n) is 10.2. The Hall–Kier alpha value is -5.16. The van der Waals surface area contributed by atoms with Crippen molar-refractivity contribution in [2.75, 3.05) is 10.2 Å². The van der Waals surface area contributed by atoms with E-state index in [1.54, 1.807) is 42.5 Å². The molecule has 1 saturated heterocycles. The van der Waals surface area contributed by atoms with E-state index in [0.717, 1.165) is 5.56 Å². The molecule has 0 aliphatic carbocycles. The third-order valence-corrected chi connectivity index (χ3v) is 8.58. The first kappa shape index (κ1) is 27.0. The number of amides is 4. The molecule has 2 bridgehead atoms. The smallest absolute Gasteiger partial charge is 0.325 e. The van der Waals surface area contributed by atoms with Gasteiger partial charge in [-0.2, -0.15) is 0 Å². The van der Waals surface area contributed by atoms with Crippen molar-refractivity contribution in [3.63, 3.8) is 0 Å². The number of benzene rings is 4. The first-order chi connectivity index (χ1) is 20.1. The highest BCUT2D eigenvalue weighted by molar-refractivity contribution is 7.90. The van der Waals surface area contributed by atoms with Crippen molar-refractivity contribution in [1.82, 2.24) is 10.0 Å². The number of fused-ring (bicyclic) bond motifs is 4. The molecule has 0 radical (unpaired) electrons. The first-order valence-electron chi connectivity index (χ1n) is 13.2. The van der Waals surface area contributed by atoms with Crippen molar-refractivity contribution in [2.24, 2.45) is 0 Å². The summed E-state index contributed by atoms with van der Waals surface area (Å²) >= 11 is 0. The van der Waals surface area contributed by atoms with E-state index in [4.69, 9.17) is 4.74 Å². The van der Waals surface area contributed by atoms with E-state index in [0.29, 0.717) is 23.5 Å². The second kappa shape index (κ2) is 10.3. The summed E-state index contributed by atoms with van der Waals surface area (Å²) in [5.74, 6) is -0.511. The molecule has 11 heteroatoms. The number of nitrogens with zero attached hydrogens (tertiary/aromatic N) is 1. The Morgan fingerprint density at radius 3 is 2.33 bits per heavy atom. The largest absolute Gasteiger partial charge is 0.467 e. The summed E-state index contributed by atoms with van der Waals surface area (Å²) in [5, 5.41) is 5.78. The zero-order valence-electron chi connectivity index (χ0n) is 22.4. The van der Waals surface area contributed by atoms with Gasteiger partial charge in [0.15, 0.2) is 5.72 Å². The van der Waals surface area contributed by atoms with Gasteiger partial charge in [0.05, 0.1) is 16.6 Å². The number of urea groups is 1. The van der Waals surface area contributed by atoms with Crippen LogP contribution in [0.1, 0.15) is 45.7 Å². The standard InChI is InChI=1S/C31H26N4O6S/c1-31-19-26(25-12-5-6-13-27(25)41-31)33-30(38)35(31)23-11-7-10-21(18-23)28(36)32-22-14-16-24(17-15-22)42(39,40)34-29(37)20-8-3-2-4-9-20/h2-18,26H,19H2,1H3,(H,32,36)(H,33,38)(H,34,37). The molecule has 3 N–H and O–H groups in total. The van der Waals surface area contributed by atoms with Crippen LogP contribution in [0.15, 0.2) is 108 Å². The quantitative estimate of drug-likeness (QED) is 0.298. The zero-order valence-corrected chi connectivity index (χ0v) is 23.2. The van der Waals surface area contributed by atoms with E-state index < -0.39 is 27.6 Å². The molecule has 6 rings (SSSR count). The molecule has 4 aromatic rings. The Balaban J connectivity index is 1.17. The molecular weight excluding hydrogens is 556 g/mol. The van der Waals surface area contributed by atoms with Crippen LogP contribution < -0.4 is 25.0 Å². The van der Waals surface area contributed by atoms with E-state index in [1.165, 1.54) is 41.3 Å². The highest BCUT2D eigenvalue weighted by atomic mass is 32.2. The molecule has 42 heavy (non-hydrogen) atoms. The molecule has 212 valence electrons. The van der Waals surface area contributed by atoms with E-state index >= 15 is 0 Å². The topological polar surface area (TPSA) is 134 Å². The molecule has 0 aromatic heterocycles. The fourth-order valence-electron chi connectivity index (χ4n) is 5.25. The molecule has 2 aliphatic heterocycles. The molecule has 2 unspecified atom stereocenters. The molecule has 1 fully saturated rings. The summed E-state index contributed by atoms with van der Waals surface area (Å²) in [7, 11) is -4.13. The number of nitrogens with one attached hydrogen (secondary N) is 3. The van der Waals surface area contributed by atoms with Gasteiger partial charge in [-0.1, -0.05) is 42.5 Å². The highest BCUT2D eigenvalue weighted by Gasteiger charge is 2.49. The van der Waals surface area contributed by atoms with Gasteiger partial charge in [0.25, 0.3) is 21.8 Å². The summed E-state index contributed by atoms with van der Waals surface area (Å²) in [4.78, 5) is 40.0. The van der Waals surface area contributed by atoms with E-state index in [-0.39, 0.29) is 28.1 Å². The van der Waals surface area contributed by atoms with Gasteiger partial charge in [0.1, 0.15) is 5.75 Å². The number of carbonyl (C=O) groups is 3. The number of rotatable bonds is 6. The Morgan fingerprint density at radius 2 is 1.57 bits per heavy atom. The van der Waals surface area contributed by atoms with Gasteiger partial charge in [0.2, 0.25) is 0 Å². The molecule has 2 atom stereocenters. The predicted octanol–water partition coefficient (Wildman–Crippen LogP) is 4.83. The molecule has 4 aromatic carbocycles. The molecule has 0 saturated carbocycles. The minimum Gasteiger partial charge on any atom is -0.467 e. The maximum atomic E-state index is 13.2. The maximum Gasteiger partial charge on any atom is 0.325 e. The van der Waals surface area contributed by atoms with Crippen molar-refractivity contribution in [1.29, 1.82) is 0 Å². The van der Waals surface area contributed by atoms with Crippen LogP contribution in [-0.4, -0.2) is 32.0 Å². The lowest BCUT2D eigenvalue weighted by Gasteiger charge is -2.50. The fraction of sp³-hybridized carbons (Fsp3) is 0.129. The Morgan fingerprint density at radius 1 is 0.881 bits per heavy atom. The van der Waals surface area contributed by atoms with Crippen molar-refractivity contribution in [2.45, 2.75) is 30.0 Å². The van der Waals surface area contributed by atoms with Gasteiger partial charge in [0, 0.05) is 28.8 Å². The van der Waals surface area contributed by atoms with Crippen molar-refractivity contribution in [3.05, 3.63) is 120 Å². The lowest BCUT2D eigenvalue weighted by atomic mass is 9.90. The zero-order chi connectivity index (χ0) is 29.5. The molecule has 0 spiro atoms. The Labute approximate surface area is 242 Å². The number of carbonyl (C=O) groups excluding carboxylic acids is 3.